The maximum absolute atomic E-state index is 5.97. The topological polar surface area (TPSA) is 18.5 Å². The van der Waals surface area contributed by atoms with Gasteiger partial charge in [0.15, 0.2) is 0 Å². The van der Waals surface area contributed by atoms with Gasteiger partial charge in [-0.15, -0.1) is 34.8 Å². The second-order valence-corrected chi connectivity index (χ2v) is 6.62. The van der Waals surface area contributed by atoms with E-state index in [-0.39, 0.29) is 38.3 Å². The zero-order chi connectivity index (χ0) is 13.9. The fourth-order valence-electron chi connectivity index (χ4n) is 1.90. The zero-order valence-corrected chi connectivity index (χ0v) is 14.3. The number of alkyl halides is 7. The van der Waals surface area contributed by atoms with E-state index in [1.165, 1.54) is 0 Å². The summed E-state index contributed by atoms with van der Waals surface area (Å²) in [7, 11) is 0. The minimum Gasteiger partial charge on any atom is -0.369 e. The number of hydrogen-bond acceptors (Lipinski definition) is 3. The van der Waals surface area contributed by atoms with Crippen LogP contribution in [0.4, 0.5) is 0 Å². The molecule has 0 aliphatic carbocycles. The first-order chi connectivity index (χ1) is 8.47. The second kappa shape index (κ2) is 8.52. The molecule has 0 bridgehead atoms. The maximum Gasteiger partial charge on any atom is 0.310 e. The molecule has 1 heterocycles. The highest BCUT2D eigenvalue weighted by Gasteiger charge is 2.50. The molecule has 0 amide bonds. The van der Waals surface area contributed by atoms with E-state index in [9.17, 15) is 0 Å². The molecule has 1 saturated heterocycles. The summed E-state index contributed by atoms with van der Waals surface area (Å²) in [6.07, 6.45) is 0. The Morgan fingerprint density at radius 1 is 0.778 bits per heavy atom. The van der Waals surface area contributed by atoms with Gasteiger partial charge in [-0.25, -0.2) is 0 Å². The van der Waals surface area contributed by atoms with Crippen molar-refractivity contribution in [2.75, 3.05) is 17.3 Å². The summed E-state index contributed by atoms with van der Waals surface area (Å²) in [5.41, 5.74) is 0. The lowest BCUT2D eigenvalue weighted by Gasteiger charge is -2.48. The third kappa shape index (κ3) is 4.06. The SMILES string of the molecule is ClCB1NB(CCl)N(C(Cl)Cl)B(CCl)N1C(Cl)Cl. The minimum absolute atomic E-state index is 0.217. The Bertz CT molecular complexity index is 240. The molecule has 18 heavy (non-hydrogen) atoms. The van der Waals surface area contributed by atoms with Gasteiger partial charge < -0.3 is 14.6 Å². The fourth-order valence-corrected chi connectivity index (χ4v) is 3.78. The van der Waals surface area contributed by atoms with Crippen LogP contribution in [0.3, 0.4) is 0 Å². The van der Waals surface area contributed by atoms with E-state index in [0.29, 0.717) is 0 Å². The monoisotopic (exact) mass is 389 g/mol. The molecular weight excluding hydrogens is 383 g/mol. The van der Waals surface area contributed by atoms with Crippen molar-refractivity contribution in [3.8, 4) is 0 Å². The molecule has 0 unspecified atom stereocenters. The van der Waals surface area contributed by atoms with Crippen molar-refractivity contribution in [2.24, 2.45) is 0 Å². The van der Waals surface area contributed by atoms with Gasteiger partial charge in [-0.1, -0.05) is 46.4 Å². The predicted molar refractivity (Wildman–Crippen MR) is 87.2 cm³/mol. The molecule has 13 heteroatoms. The first kappa shape index (κ1) is 18.2. The smallest absolute Gasteiger partial charge is 0.310 e. The summed E-state index contributed by atoms with van der Waals surface area (Å²) in [6.45, 7) is -0.884. The number of rotatable bonds is 5. The van der Waals surface area contributed by atoms with Gasteiger partial charge in [0.2, 0.25) is 0 Å². The van der Waals surface area contributed by atoms with Crippen LogP contribution in [0.25, 0.3) is 0 Å². The molecule has 0 atom stereocenters. The molecule has 0 radical (unpaired) electrons. The quantitative estimate of drug-likeness (QED) is 0.441. The van der Waals surface area contributed by atoms with Crippen molar-refractivity contribution in [1.29, 1.82) is 0 Å². The highest BCUT2D eigenvalue weighted by Crippen LogP contribution is 2.25. The van der Waals surface area contributed by atoms with E-state index in [2.05, 4.69) is 5.14 Å². The van der Waals surface area contributed by atoms with Crippen molar-refractivity contribution in [3.05, 3.63) is 0 Å². The van der Waals surface area contributed by atoms with Gasteiger partial charge in [0, 0.05) is 17.3 Å². The predicted octanol–water partition coefficient (Wildman–Crippen LogP) is 2.51. The lowest BCUT2D eigenvalue weighted by atomic mass is 9.47. The van der Waals surface area contributed by atoms with E-state index in [1.807, 2.05) is 0 Å². The summed E-state index contributed by atoms with van der Waals surface area (Å²) >= 11 is 41.6. The molecule has 3 nitrogen and oxygen atoms in total. The van der Waals surface area contributed by atoms with Crippen LogP contribution in [0.15, 0.2) is 0 Å². The highest BCUT2D eigenvalue weighted by atomic mass is 35.5. The van der Waals surface area contributed by atoms with Crippen LogP contribution in [0.1, 0.15) is 0 Å². The Hall–Kier alpha value is 2.10. The van der Waals surface area contributed by atoms with Crippen molar-refractivity contribution in [3.63, 3.8) is 0 Å². The van der Waals surface area contributed by atoms with Crippen LogP contribution in [0.2, 0.25) is 0 Å². The standard InChI is InChI=1S/C5H9B3Cl7N3/c9-1-6-16-7(2-10)18(5(14)15)8(3-11)17(6)4(12)13/h4-5,16H,1-3H2. The molecule has 1 aliphatic heterocycles. The van der Waals surface area contributed by atoms with Crippen LogP contribution < -0.4 is 5.14 Å². The van der Waals surface area contributed by atoms with Crippen molar-refractivity contribution < 1.29 is 0 Å². The Balaban J connectivity index is 3.02. The Morgan fingerprint density at radius 3 is 1.39 bits per heavy atom. The molecule has 1 aliphatic rings. The first-order valence-electron chi connectivity index (χ1n) is 5.03. The Kier molecular flexibility index (Phi) is 8.60. The van der Waals surface area contributed by atoms with Gasteiger partial charge in [0.05, 0.1) is 0 Å². The molecule has 1 rings (SSSR count). The average molecular weight is 392 g/mol. The Labute approximate surface area is 143 Å². The molecular formula is C5H9B3Cl7N3. The summed E-state index contributed by atoms with van der Waals surface area (Å²) in [4.78, 5) is -1.59. The maximum atomic E-state index is 5.97. The fraction of sp³-hybridized carbons (Fsp3) is 1.00. The highest BCUT2D eigenvalue weighted by molar-refractivity contribution is 6.93. The van der Waals surface area contributed by atoms with Gasteiger partial charge in [0.25, 0.3) is 0 Å². The molecule has 0 saturated carbocycles. The van der Waals surface area contributed by atoms with E-state index in [0.717, 1.165) is 0 Å². The third-order valence-electron chi connectivity index (χ3n) is 2.67. The lowest BCUT2D eigenvalue weighted by Crippen LogP contribution is -2.80. The summed E-state index contributed by atoms with van der Waals surface area (Å²) in [5.74, 6) is 0.772. The van der Waals surface area contributed by atoms with E-state index in [1.54, 1.807) is 9.44 Å². The van der Waals surface area contributed by atoms with Gasteiger partial charge in [-0.3, -0.25) is 0 Å². The van der Waals surface area contributed by atoms with Crippen LogP contribution in [-0.2, 0) is 0 Å². The molecule has 0 aromatic rings. The van der Waals surface area contributed by atoms with Crippen LogP contribution in [0.5, 0.6) is 0 Å². The third-order valence-corrected chi connectivity index (χ3v) is 4.44. The van der Waals surface area contributed by atoms with E-state index in [4.69, 9.17) is 81.2 Å². The van der Waals surface area contributed by atoms with Gasteiger partial charge in [-0.05, 0) is 0 Å². The number of halogens is 7. The number of hydrogen-bond donors (Lipinski definition) is 1. The molecule has 0 aromatic heterocycles. The molecule has 1 N–H and O–H groups in total. The molecule has 1 fully saturated rings. The van der Waals surface area contributed by atoms with Crippen LogP contribution >= 0.6 is 81.2 Å². The summed E-state index contributed by atoms with van der Waals surface area (Å²) in [6, 6.07) is 0. The Morgan fingerprint density at radius 2 is 1.17 bits per heavy atom. The largest absolute Gasteiger partial charge is 0.369 e. The van der Waals surface area contributed by atoms with Crippen LogP contribution in [0, 0.1) is 0 Å². The molecule has 102 valence electrons. The lowest BCUT2D eigenvalue weighted by molar-refractivity contribution is 0.565. The van der Waals surface area contributed by atoms with Crippen molar-refractivity contribution in [1.82, 2.24) is 14.6 Å². The van der Waals surface area contributed by atoms with Gasteiger partial charge >= 0.3 is 20.9 Å². The number of nitrogens with zero attached hydrogens (tertiary/aromatic N) is 2. The van der Waals surface area contributed by atoms with Crippen molar-refractivity contribution >= 4 is 102 Å². The van der Waals surface area contributed by atoms with Crippen molar-refractivity contribution in [2.45, 2.75) is 9.92 Å². The molecule has 0 aromatic carbocycles. The van der Waals surface area contributed by atoms with Gasteiger partial charge in [0.1, 0.15) is 9.92 Å². The minimum atomic E-state index is -0.796. The summed E-state index contributed by atoms with van der Waals surface area (Å²) in [5, 5.41) is 3.17. The van der Waals surface area contributed by atoms with Gasteiger partial charge in [-0.2, -0.15) is 0 Å². The first-order valence-corrected chi connectivity index (χ1v) is 8.38. The number of nitrogens with one attached hydrogen (secondary N) is 1. The average Bonchev–Trinajstić information content (AvgIpc) is 2.35. The van der Waals surface area contributed by atoms with E-state index < -0.39 is 9.92 Å². The molecule has 0 spiro atoms. The zero-order valence-electron chi connectivity index (χ0n) is 9.05. The van der Waals surface area contributed by atoms with E-state index >= 15 is 0 Å². The summed E-state index contributed by atoms with van der Waals surface area (Å²) < 4.78 is 3.40. The second-order valence-electron chi connectivity index (χ2n) is 3.59. The van der Waals surface area contributed by atoms with Crippen LogP contribution in [-0.4, -0.2) is 57.7 Å². The normalized spacial score (nSPS) is 19.5.